The summed E-state index contributed by atoms with van der Waals surface area (Å²) in [5, 5.41) is 10.6. The highest BCUT2D eigenvalue weighted by Gasteiger charge is 2.15. The zero-order valence-corrected chi connectivity index (χ0v) is 19.4. The number of nitrogens with zero attached hydrogens (tertiary/aromatic N) is 2. The molecule has 1 heterocycles. The molecule has 0 N–H and O–H groups in total. The number of carbonyl (C=O) groups is 1. The van der Waals surface area contributed by atoms with Crippen LogP contribution in [0.2, 0.25) is 0 Å². The molecule has 0 aliphatic heterocycles. The summed E-state index contributed by atoms with van der Waals surface area (Å²) in [6.45, 7) is 0.724. The molecule has 4 aromatic carbocycles. The number of ether oxygens (including phenoxy) is 1. The Labute approximate surface area is 204 Å². The second kappa shape index (κ2) is 9.70. The average Bonchev–Trinajstić information content (AvgIpc) is 3.25. The lowest BCUT2D eigenvalue weighted by Gasteiger charge is -2.12. The van der Waals surface area contributed by atoms with E-state index in [1.807, 2.05) is 60.7 Å². The first-order valence-electron chi connectivity index (χ1n) is 11.5. The van der Waals surface area contributed by atoms with Gasteiger partial charge in [-0.05, 0) is 58.1 Å². The van der Waals surface area contributed by atoms with Crippen LogP contribution in [0.5, 0.6) is 5.75 Å². The Hall–Kier alpha value is -4.62. The normalized spacial score (nSPS) is 10.7. The van der Waals surface area contributed by atoms with Crippen molar-refractivity contribution in [3.05, 3.63) is 125 Å². The van der Waals surface area contributed by atoms with Crippen LogP contribution in [0.4, 0.5) is 0 Å². The summed E-state index contributed by atoms with van der Waals surface area (Å²) in [4.78, 5) is 11.9. The SMILES string of the molecule is COc1ccc(-c2ccccc2Cc2cn(Cc3ccccc3)c3cc(C#N)ccc23)c(C=O)c1. The van der Waals surface area contributed by atoms with Gasteiger partial charge in [0.05, 0.1) is 18.7 Å². The molecule has 0 aliphatic rings. The van der Waals surface area contributed by atoms with Crippen LogP contribution in [0.25, 0.3) is 22.0 Å². The van der Waals surface area contributed by atoms with Gasteiger partial charge in [0.15, 0.2) is 6.29 Å². The fourth-order valence-electron chi connectivity index (χ4n) is 4.64. The van der Waals surface area contributed by atoms with Crippen LogP contribution < -0.4 is 4.74 Å². The predicted octanol–water partition coefficient (Wildman–Crippen LogP) is 6.64. The summed E-state index contributed by atoms with van der Waals surface area (Å²) in [6, 6.07) is 32.2. The maximum atomic E-state index is 11.9. The van der Waals surface area contributed by atoms with Crippen molar-refractivity contribution >= 4 is 17.2 Å². The van der Waals surface area contributed by atoms with E-state index in [1.165, 1.54) is 11.1 Å². The van der Waals surface area contributed by atoms with Crippen molar-refractivity contribution in [1.82, 2.24) is 4.57 Å². The summed E-state index contributed by atoms with van der Waals surface area (Å²) >= 11 is 0. The Kier molecular flexibility index (Phi) is 6.15. The van der Waals surface area contributed by atoms with E-state index in [0.29, 0.717) is 23.3 Å². The smallest absolute Gasteiger partial charge is 0.150 e. The lowest BCUT2D eigenvalue weighted by molar-refractivity contribution is 0.112. The van der Waals surface area contributed by atoms with Gasteiger partial charge in [-0.3, -0.25) is 4.79 Å². The molecule has 0 unspecified atom stereocenters. The number of aromatic nitrogens is 1. The minimum atomic E-state index is 0.599. The second-order valence-corrected chi connectivity index (χ2v) is 8.52. The maximum Gasteiger partial charge on any atom is 0.150 e. The van der Waals surface area contributed by atoms with E-state index in [-0.39, 0.29) is 0 Å². The van der Waals surface area contributed by atoms with Gasteiger partial charge < -0.3 is 9.30 Å². The van der Waals surface area contributed by atoms with E-state index in [9.17, 15) is 10.1 Å². The number of rotatable bonds is 7. The van der Waals surface area contributed by atoms with E-state index in [2.05, 4.69) is 41.1 Å². The molecule has 4 heteroatoms. The number of fused-ring (bicyclic) bond motifs is 1. The molecule has 5 rings (SSSR count). The number of nitriles is 1. The summed E-state index contributed by atoms with van der Waals surface area (Å²) in [5.74, 6) is 0.658. The van der Waals surface area contributed by atoms with Crippen molar-refractivity contribution in [3.8, 4) is 22.9 Å². The molecular weight excluding hydrogens is 432 g/mol. The summed E-state index contributed by atoms with van der Waals surface area (Å²) < 4.78 is 7.52. The lowest BCUT2D eigenvalue weighted by atomic mass is 9.92. The highest BCUT2D eigenvalue weighted by atomic mass is 16.5. The number of hydrogen-bond acceptors (Lipinski definition) is 3. The van der Waals surface area contributed by atoms with Gasteiger partial charge in [-0.15, -0.1) is 0 Å². The summed E-state index contributed by atoms with van der Waals surface area (Å²) in [6.07, 6.45) is 3.76. The molecule has 0 aliphatic carbocycles. The molecule has 5 aromatic rings. The van der Waals surface area contributed by atoms with Crippen molar-refractivity contribution in [2.75, 3.05) is 7.11 Å². The monoisotopic (exact) mass is 456 g/mol. The van der Waals surface area contributed by atoms with Crippen molar-refractivity contribution in [2.24, 2.45) is 0 Å². The van der Waals surface area contributed by atoms with Crippen molar-refractivity contribution in [3.63, 3.8) is 0 Å². The molecule has 170 valence electrons. The van der Waals surface area contributed by atoms with Crippen molar-refractivity contribution in [2.45, 2.75) is 13.0 Å². The Morgan fingerprint density at radius 1 is 0.886 bits per heavy atom. The predicted molar refractivity (Wildman–Crippen MR) is 139 cm³/mol. The van der Waals surface area contributed by atoms with Gasteiger partial charge in [0.25, 0.3) is 0 Å². The summed E-state index contributed by atoms with van der Waals surface area (Å²) in [7, 11) is 1.60. The van der Waals surface area contributed by atoms with Crippen LogP contribution >= 0.6 is 0 Å². The van der Waals surface area contributed by atoms with Gasteiger partial charge in [-0.2, -0.15) is 5.26 Å². The fraction of sp³-hybridized carbons (Fsp3) is 0.0968. The minimum absolute atomic E-state index is 0.599. The fourth-order valence-corrected chi connectivity index (χ4v) is 4.64. The topological polar surface area (TPSA) is 55.0 Å². The van der Waals surface area contributed by atoms with Gasteiger partial charge >= 0.3 is 0 Å². The van der Waals surface area contributed by atoms with Crippen LogP contribution in [-0.2, 0) is 13.0 Å². The van der Waals surface area contributed by atoms with Crippen LogP contribution in [0.3, 0.4) is 0 Å². The molecule has 0 fully saturated rings. The zero-order chi connectivity index (χ0) is 24.2. The van der Waals surface area contributed by atoms with E-state index < -0.39 is 0 Å². The van der Waals surface area contributed by atoms with Crippen molar-refractivity contribution < 1.29 is 9.53 Å². The Balaban J connectivity index is 1.60. The largest absolute Gasteiger partial charge is 0.497 e. The highest BCUT2D eigenvalue weighted by molar-refractivity contribution is 5.90. The molecule has 4 nitrogen and oxygen atoms in total. The lowest BCUT2D eigenvalue weighted by Crippen LogP contribution is -1.98. The number of hydrogen-bond donors (Lipinski definition) is 0. The number of benzene rings is 4. The minimum Gasteiger partial charge on any atom is -0.497 e. The van der Waals surface area contributed by atoms with Gasteiger partial charge in [0.2, 0.25) is 0 Å². The highest BCUT2D eigenvalue weighted by Crippen LogP contribution is 2.33. The molecule has 0 atom stereocenters. The first-order chi connectivity index (χ1) is 17.2. The number of carbonyl (C=O) groups excluding carboxylic acids is 1. The van der Waals surface area contributed by atoms with Gasteiger partial charge in [0, 0.05) is 35.6 Å². The number of aldehydes is 1. The summed E-state index contributed by atoms with van der Waals surface area (Å²) in [5.41, 5.74) is 7.70. The Morgan fingerprint density at radius 2 is 1.69 bits per heavy atom. The average molecular weight is 457 g/mol. The van der Waals surface area contributed by atoms with E-state index in [0.717, 1.165) is 40.4 Å². The zero-order valence-electron chi connectivity index (χ0n) is 19.4. The van der Waals surface area contributed by atoms with Crippen molar-refractivity contribution in [1.29, 1.82) is 5.26 Å². The third-order valence-electron chi connectivity index (χ3n) is 6.36. The third-order valence-corrected chi connectivity index (χ3v) is 6.36. The van der Waals surface area contributed by atoms with Crippen LogP contribution in [-0.4, -0.2) is 18.0 Å². The van der Waals surface area contributed by atoms with Gasteiger partial charge in [-0.1, -0.05) is 60.7 Å². The quantitative estimate of drug-likeness (QED) is 0.258. The number of methoxy groups -OCH3 is 1. The second-order valence-electron chi connectivity index (χ2n) is 8.52. The molecule has 0 saturated carbocycles. The molecule has 0 amide bonds. The molecule has 0 radical (unpaired) electrons. The maximum absolute atomic E-state index is 11.9. The van der Waals surface area contributed by atoms with Gasteiger partial charge in [0.1, 0.15) is 5.75 Å². The first kappa shape index (κ1) is 22.2. The Morgan fingerprint density at radius 3 is 2.46 bits per heavy atom. The third kappa shape index (κ3) is 4.45. The van der Waals surface area contributed by atoms with Crippen LogP contribution in [0, 0.1) is 11.3 Å². The van der Waals surface area contributed by atoms with E-state index >= 15 is 0 Å². The van der Waals surface area contributed by atoms with Crippen LogP contribution in [0.1, 0.15) is 32.6 Å². The molecular formula is C31H24N2O2. The standard InChI is InChI=1S/C31H24N2O2/c1-35-27-12-14-29(26(17-27)21-34)28-10-6-5-9-24(28)16-25-20-33(19-22-7-3-2-4-8-22)31-15-23(18-32)11-13-30(25)31/h2-15,17,20-21H,16,19H2,1H3. The molecule has 0 saturated heterocycles. The molecule has 35 heavy (non-hydrogen) atoms. The molecule has 0 spiro atoms. The van der Waals surface area contributed by atoms with E-state index in [4.69, 9.17) is 4.74 Å². The van der Waals surface area contributed by atoms with E-state index in [1.54, 1.807) is 13.2 Å². The molecule has 0 bridgehead atoms. The van der Waals surface area contributed by atoms with Crippen LogP contribution in [0.15, 0.2) is 97.2 Å². The first-order valence-corrected chi connectivity index (χ1v) is 11.5. The molecule has 1 aromatic heterocycles. The van der Waals surface area contributed by atoms with Gasteiger partial charge in [-0.25, -0.2) is 0 Å². The Bertz CT molecular complexity index is 1560.